The van der Waals surface area contributed by atoms with E-state index in [2.05, 4.69) is 39.0 Å². The molecule has 21 heavy (non-hydrogen) atoms. The van der Waals surface area contributed by atoms with Crippen molar-refractivity contribution in [1.82, 2.24) is 0 Å². The van der Waals surface area contributed by atoms with Gasteiger partial charge >= 0.3 is 0 Å². The van der Waals surface area contributed by atoms with E-state index in [1.807, 2.05) is 0 Å². The van der Waals surface area contributed by atoms with E-state index in [-0.39, 0.29) is 12.4 Å². The molecule has 1 aromatic rings. The monoisotopic (exact) mass is 353 g/mol. The second kappa shape index (κ2) is 11.4. The lowest BCUT2D eigenvalue weighted by atomic mass is 10.1. The van der Waals surface area contributed by atoms with Gasteiger partial charge in [-0.25, -0.2) is 0 Å². The van der Waals surface area contributed by atoms with Crippen LogP contribution >= 0.6 is 23.2 Å². The first kappa shape index (κ1) is 20.9. The van der Waals surface area contributed by atoms with Crippen molar-refractivity contribution in [3.05, 3.63) is 29.3 Å². The Bertz CT molecular complexity index is 393. The molecule has 0 saturated carbocycles. The predicted octanol–water partition coefficient (Wildman–Crippen LogP) is -0.104. The molecule has 0 aliphatic heterocycles. The van der Waals surface area contributed by atoms with Crippen molar-refractivity contribution in [3.8, 4) is 5.75 Å². The quantitative estimate of drug-likeness (QED) is 0.611. The SMILES string of the molecule is Cc1ccc(OCC(C)C)c(C[NH+](CCCl)CCCl)c1.[Cl-]. The third kappa shape index (κ3) is 8.15. The zero-order chi connectivity index (χ0) is 15.0. The molecule has 122 valence electrons. The average molecular weight is 355 g/mol. The number of halogens is 3. The fourth-order valence-corrected chi connectivity index (χ4v) is 2.62. The molecule has 1 N–H and O–H groups in total. The van der Waals surface area contributed by atoms with E-state index in [1.165, 1.54) is 16.0 Å². The van der Waals surface area contributed by atoms with E-state index in [9.17, 15) is 0 Å². The minimum Gasteiger partial charge on any atom is -1.00 e. The standard InChI is InChI=1S/C16H25Cl2NO.ClH/c1-13(2)12-20-16-5-4-14(3)10-15(16)11-19(8-6-17)9-7-18;/h4-5,10,13H,6-9,11-12H2,1-3H3;1H. The molecule has 0 spiro atoms. The van der Waals surface area contributed by atoms with Gasteiger partial charge in [0.25, 0.3) is 0 Å². The van der Waals surface area contributed by atoms with Gasteiger partial charge in [-0.1, -0.05) is 25.5 Å². The lowest BCUT2D eigenvalue weighted by Crippen LogP contribution is -3.11. The van der Waals surface area contributed by atoms with E-state index in [4.69, 9.17) is 27.9 Å². The Hall–Kier alpha value is -0.150. The van der Waals surface area contributed by atoms with Crippen LogP contribution in [-0.4, -0.2) is 31.5 Å². The van der Waals surface area contributed by atoms with Gasteiger partial charge < -0.3 is 22.0 Å². The molecular formula is C16H26Cl3NO. The summed E-state index contributed by atoms with van der Waals surface area (Å²) in [5.74, 6) is 2.82. The van der Waals surface area contributed by atoms with Gasteiger partial charge in [0.05, 0.1) is 31.5 Å². The Morgan fingerprint density at radius 1 is 1.14 bits per heavy atom. The van der Waals surface area contributed by atoms with Gasteiger partial charge in [-0.15, -0.1) is 23.2 Å². The summed E-state index contributed by atoms with van der Waals surface area (Å²) < 4.78 is 5.93. The Morgan fingerprint density at radius 3 is 2.29 bits per heavy atom. The van der Waals surface area contributed by atoms with Gasteiger partial charge in [0.1, 0.15) is 12.3 Å². The number of hydrogen-bond donors (Lipinski definition) is 1. The third-order valence-electron chi connectivity index (χ3n) is 3.12. The molecule has 0 unspecified atom stereocenters. The van der Waals surface area contributed by atoms with Crippen molar-refractivity contribution in [1.29, 1.82) is 0 Å². The van der Waals surface area contributed by atoms with Crippen molar-refractivity contribution >= 4 is 23.2 Å². The highest BCUT2D eigenvalue weighted by atomic mass is 35.5. The molecule has 0 radical (unpaired) electrons. The smallest absolute Gasteiger partial charge is 0.128 e. The molecule has 1 rings (SSSR count). The number of nitrogens with one attached hydrogen (secondary N) is 1. The van der Waals surface area contributed by atoms with Crippen LogP contribution < -0.4 is 22.0 Å². The summed E-state index contributed by atoms with van der Waals surface area (Å²) in [6, 6.07) is 6.38. The van der Waals surface area contributed by atoms with Crippen LogP contribution in [0.4, 0.5) is 0 Å². The maximum atomic E-state index is 5.93. The molecule has 1 aromatic carbocycles. The Labute approximate surface area is 145 Å². The van der Waals surface area contributed by atoms with Crippen LogP contribution in [0.15, 0.2) is 18.2 Å². The van der Waals surface area contributed by atoms with Crippen LogP contribution in [0.5, 0.6) is 5.75 Å². The number of ether oxygens (including phenoxy) is 1. The molecule has 0 fully saturated rings. The van der Waals surface area contributed by atoms with Gasteiger partial charge in [-0.3, -0.25) is 0 Å². The molecule has 0 saturated heterocycles. The van der Waals surface area contributed by atoms with Crippen molar-refractivity contribution in [3.63, 3.8) is 0 Å². The lowest BCUT2D eigenvalue weighted by molar-refractivity contribution is -0.909. The normalized spacial score (nSPS) is 10.8. The number of hydrogen-bond acceptors (Lipinski definition) is 1. The maximum Gasteiger partial charge on any atom is 0.128 e. The highest BCUT2D eigenvalue weighted by Crippen LogP contribution is 2.20. The van der Waals surface area contributed by atoms with E-state index in [0.717, 1.165) is 32.0 Å². The molecule has 0 aromatic heterocycles. The summed E-state index contributed by atoms with van der Waals surface area (Å²) in [6.45, 7) is 9.93. The van der Waals surface area contributed by atoms with Gasteiger partial charge in [-0.2, -0.15) is 0 Å². The molecule has 2 nitrogen and oxygen atoms in total. The zero-order valence-electron chi connectivity index (χ0n) is 13.1. The largest absolute Gasteiger partial charge is 1.00 e. The summed E-state index contributed by atoms with van der Waals surface area (Å²) in [5.41, 5.74) is 2.50. The van der Waals surface area contributed by atoms with Crippen LogP contribution in [0.25, 0.3) is 0 Å². The van der Waals surface area contributed by atoms with Crippen LogP contribution in [0.1, 0.15) is 25.0 Å². The number of alkyl halides is 2. The van der Waals surface area contributed by atoms with Crippen LogP contribution in [0.3, 0.4) is 0 Å². The van der Waals surface area contributed by atoms with Crippen molar-refractivity contribution in [2.75, 3.05) is 31.5 Å². The van der Waals surface area contributed by atoms with Gasteiger partial charge in [0.15, 0.2) is 0 Å². The Morgan fingerprint density at radius 2 is 1.76 bits per heavy atom. The first-order valence-corrected chi connectivity index (χ1v) is 8.31. The van der Waals surface area contributed by atoms with Gasteiger partial charge in [0.2, 0.25) is 0 Å². The molecule has 0 aliphatic carbocycles. The second-order valence-corrected chi connectivity index (χ2v) is 6.38. The third-order valence-corrected chi connectivity index (χ3v) is 3.50. The van der Waals surface area contributed by atoms with Crippen molar-refractivity contribution in [2.24, 2.45) is 5.92 Å². The van der Waals surface area contributed by atoms with E-state index < -0.39 is 0 Å². The first-order valence-electron chi connectivity index (χ1n) is 7.24. The average Bonchev–Trinajstić information content (AvgIpc) is 2.38. The second-order valence-electron chi connectivity index (χ2n) is 5.62. The Kier molecular flexibility index (Phi) is 11.3. The molecule has 0 heterocycles. The highest BCUT2D eigenvalue weighted by Gasteiger charge is 2.13. The number of aryl methyl sites for hydroxylation is 1. The number of rotatable bonds is 9. The number of benzene rings is 1. The fourth-order valence-electron chi connectivity index (χ4n) is 2.08. The van der Waals surface area contributed by atoms with Crippen molar-refractivity contribution < 1.29 is 22.0 Å². The molecule has 0 atom stereocenters. The summed E-state index contributed by atoms with van der Waals surface area (Å²) in [4.78, 5) is 1.40. The van der Waals surface area contributed by atoms with Crippen molar-refractivity contribution in [2.45, 2.75) is 27.3 Å². The van der Waals surface area contributed by atoms with E-state index in [0.29, 0.717) is 17.7 Å². The molecular weight excluding hydrogens is 329 g/mol. The van der Waals surface area contributed by atoms with E-state index in [1.54, 1.807) is 0 Å². The number of quaternary nitrogens is 1. The molecule has 0 amide bonds. The predicted molar refractivity (Wildman–Crippen MR) is 87.4 cm³/mol. The van der Waals surface area contributed by atoms with Crippen LogP contribution in [0.2, 0.25) is 0 Å². The van der Waals surface area contributed by atoms with Gasteiger partial charge in [-0.05, 0) is 25.0 Å². The lowest BCUT2D eigenvalue weighted by Gasteiger charge is -2.20. The summed E-state index contributed by atoms with van der Waals surface area (Å²) in [6.07, 6.45) is 0. The topological polar surface area (TPSA) is 13.7 Å². The summed E-state index contributed by atoms with van der Waals surface area (Å²) >= 11 is 11.8. The first-order chi connectivity index (χ1) is 9.56. The highest BCUT2D eigenvalue weighted by molar-refractivity contribution is 6.18. The van der Waals surface area contributed by atoms with Crippen LogP contribution in [0, 0.1) is 12.8 Å². The summed E-state index contributed by atoms with van der Waals surface area (Å²) in [5, 5.41) is 0. The fraction of sp³-hybridized carbons (Fsp3) is 0.625. The summed E-state index contributed by atoms with van der Waals surface area (Å²) in [7, 11) is 0. The minimum atomic E-state index is 0. The molecule has 0 aliphatic rings. The molecule has 0 bridgehead atoms. The maximum absolute atomic E-state index is 5.93. The molecule has 5 heteroatoms. The van der Waals surface area contributed by atoms with Crippen LogP contribution in [-0.2, 0) is 6.54 Å². The minimum absolute atomic E-state index is 0. The Balaban J connectivity index is 0.00000400. The van der Waals surface area contributed by atoms with Gasteiger partial charge in [0, 0.05) is 5.56 Å². The van der Waals surface area contributed by atoms with E-state index >= 15 is 0 Å². The zero-order valence-corrected chi connectivity index (χ0v) is 15.4.